The first-order valence-electron chi connectivity index (χ1n) is 4.67. The van der Waals surface area contributed by atoms with E-state index < -0.39 is 0 Å². The highest BCUT2D eigenvalue weighted by atomic mass is 32.2. The zero-order chi connectivity index (χ0) is 10.6. The Morgan fingerprint density at radius 3 is 2.14 bits per heavy atom. The van der Waals surface area contributed by atoms with Crippen LogP contribution in [0.2, 0.25) is 0 Å². The van der Waals surface area contributed by atoms with Crippen LogP contribution in [-0.2, 0) is 0 Å². The van der Waals surface area contributed by atoms with Crippen molar-refractivity contribution in [3.8, 4) is 0 Å². The first-order chi connectivity index (χ1) is 6.66. The Morgan fingerprint density at radius 2 is 1.71 bits per heavy atom. The quantitative estimate of drug-likeness (QED) is 0.743. The van der Waals surface area contributed by atoms with Crippen molar-refractivity contribution in [2.24, 2.45) is 0 Å². The third-order valence-corrected chi connectivity index (χ3v) is 3.14. The Balaban J connectivity index is 2.96. The number of hydrogen-bond acceptors (Lipinski definition) is 2. The second-order valence-electron chi connectivity index (χ2n) is 3.40. The van der Waals surface area contributed by atoms with Gasteiger partial charge in [0.05, 0.1) is 5.03 Å². The van der Waals surface area contributed by atoms with Gasteiger partial charge in [0.2, 0.25) is 0 Å². The SMILES string of the molecule is CSC(=C(C)C)N(C)c1ccccc1. The molecule has 0 aliphatic heterocycles. The summed E-state index contributed by atoms with van der Waals surface area (Å²) >= 11 is 1.79. The van der Waals surface area contributed by atoms with E-state index in [2.05, 4.69) is 56.3 Å². The second kappa shape index (κ2) is 5.11. The zero-order valence-corrected chi connectivity index (χ0v) is 10.1. The summed E-state index contributed by atoms with van der Waals surface area (Å²) in [4.78, 5) is 2.22. The van der Waals surface area contributed by atoms with Gasteiger partial charge in [-0.05, 0) is 37.8 Å². The maximum Gasteiger partial charge on any atom is 0.0732 e. The van der Waals surface area contributed by atoms with E-state index in [0.29, 0.717) is 0 Å². The van der Waals surface area contributed by atoms with Gasteiger partial charge in [-0.25, -0.2) is 0 Å². The fourth-order valence-corrected chi connectivity index (χ4v) is 2.23. The van der Waals surface area contributed by atoms with Crippen LogP contribution in [0.3, 0.4) is 0 Å². The van der Waals surface area contributed by atoms with Crippen molar-refractivity contribution in [3.05, 3.63) is 40.9 Å². The van der Waals surface area contributed by atoms with Gasteiger partial charge in [0.1, 0.15) is 0 Å². The van der Waals surface area contributed by atoms with Crippen LogP contribution < -0.4 is 4.90 Å². The van der Waals surface area contributed by atoms with Crippen molar-refractivity contribution in [2.75, 3.05) is 18.2 Å². The summed E-state index contributed by atoms with van der Waals surface area (Å²) in [6.07, 6.45) is 2.11. The maximum atomic E-state index is 2.22. The molecule has 0 heterocycles. The lowest BCUT2D eigenvalue weighted by Gasteiger charge is -2.22. The molecule has 0 unspecified atom stereocenters. The molecule has 0 spiro atoms. The van der Waals surface area contributed by atoms with Crippen LogP contribution in [-0.4, -0.2) is 13.3 Å². The first-order valence-corrected chi connectivity index (χ1v) is 5.89. The van der Waals surface area contributed by atoms with Gasteiger partial charge < -0.3 is 4.90 Å². The largest absolute Gasteiger partial charge is 0.339 e. The summed E-state index contributed by atoms with van der Waals surface area (Å²) < 4.78 is 0. The topological polar surface area (TPSA) is 3.24 Å². The Hall–Kier alpha value is -0.890. The standard InChI is InChI=1S/C12H17NS/c1-10(2)12(14-4)13(3)11-8-6-5-7-9-11/h5-9H,1-4H3. The average Bonchev–Trinajstić information content (AvgIpc) is 2.19. The second-order valence-corrected chi connectivity index (χ2v) is 4.20. The van der Waals surface area contributed by atoms with Gasteiger partial charge in [-0.15, -0.1) is 11.8 Å². The summed E-state index contributed by atoms with van der Waals surface area (Å²) in [6, 6.07) is 10.4. The minimum Gasteiger partial charge on any atom is -0.339 e. The Labute approximate surface area is 90.8 Å². The van der Waals surface area contributed by atoms with Crippen LogP contribution in [0.25, 0.3) is 0 Å². The lowest BCUT2D eigenvalue weighted by Crippen LogP contribution is -2.14. The third-order valence-electron chi connectivity index (χ3n) is 2.07. The molecule has 1 aromatic rings. The molecule has 76 valence electrons. The van der Waals surface area contributed by atoms with E-state index >= 15 is 0 Å². The van der Waals surface area contributed by atoms with Gasteiger partial charge in [-0.1, -0.05) is 18.2 Å². The average molecular weight is 207 g/mol. The van der Waals surface area contributed by atoms with E-state index in [1.54, 1.807) is 11.8 Å². The molecule has 0 atom stereocenters. The van der Waals surface area contributed by atoms with Crippen LogP contribution in [0.15, 0.2) is 40.9 Å². The number of hydrogen-bond donors (Lipinski definition) is 0. The number of benzene rings is 1. The number of allylic oxidation sites excluding steroid dienone is 1. The molecule has 0 aliphatic rings. The molecule has 0 aromatic heterocycles. The molecule has 0 bridgehead atoms. The number of anilines is 1. The number of para-hydroxylation sites is 1. The van der Waals surface area contributed by atoms with Crippen LogP contribution in [0.1, 0.15) is 13.8 Å². The van der Waals surface area contributed by atoms with Crippen molar-refractivity contribution in [2.45, 2.75) is 13.8 Å². The summed E-state index contributed by atoms with van der Waals surface area (Å²) in [6.45, 7) is 4.29. The van der Waals surface area contributed by atoms with E-state index in [9.17, 15) is 0 Å². The summed E-state index contributed by atoms with van der Waals surface area (Å²) in [5.41, 5.74) is 2.59. The molecule has 2 heteroatoms. The molecule has 14 heavy (non-hydrogen) atoms. The number of nitrogens with zero attached hydrogens (tertiary/aromatic N) is 1. The minimum atomic E-state index is 1.23. The van der Waals surface area contributed by atoms with Gasteiger partial charge in [-0.2, -0.15) is 0 Å². The minimum absolute atomic E-state index is 1.23. The van der Waals surface area contributed by atoms with Crippen molar-refractivity contribution in [1.29, 1.82) is 0 Å². The number of rotatable bonds is 3. The Kier molecular flexibility index (Phi) is 4.08. The fourth-order valence-electron chi connectivity index (χ4n) is 1.45. The van der Waals surface area contributed by atoms with Gasteiger partial charge in [-0.3, -0.25) is 0 Å². The molecule has 0 N–H and O–H groups in total. The summed E-state index contributed by atoms with van der Waals surface area (Å²) in [5.74, 6) is 0. The predicted octanol–water partition coefficient (Wildman–Crippen LogP) is 3.74. The van der Waals surface area contributed by atoms with Gasteiger partial charge in [0.15, 0.2) is 0 Å². The highest BCUT2D eigenvalue weighted by Gasteiger charge is 2.06. The summed E-state index contributed by atoms with van der Waals surface area (Å²) in [5, 5.41) is 1.32. The van der Waals surface area contributed by atoms with E-state index in [1.165, 1.54) is 16.3 Å². The van der Waals surface area contributed by atoms with Crippen molar-refractivity contribution >= 4 is 17.4 Å². The molecular weight excluding hydrogens is 190 g/mol. The molecule has 0 fully saturated rings. The highest BCUT2D eigenvalue weighted by Crippen LogP contribution is 2.25. The van der Waals surface area contributed by atoms with E-state index in [-0.39, 0.29) is 0 Å². The van der Waals surface area contributed by atoms with Gasteiger partial charge in [0.25, 0.3) is 0 Å². The van der Waals surface area contributed by atoms with Crippen LogP contribution in [0, 0.1) is 0 Å². The molecule has 0 aliphatic carbocycles. The predicted molar refractivity (Wildman–Crippen MR) is 66.7 cm³/mol. The van der Waals surface area contributed by atoms with Crippen molar-refractivity contribution in [1.82, 2.24) is 0 Å². The van der Waals surface area contributed by atoms with Gasteiger partial charge >= 0.3 is 0 Å². The van der Waals surface area contributed by atoms with E-state index in [1.807, 2.05) is 6.07 Å². The molecule has 0 radical (unpaired) electrons. The Bertz CT molecular complexity index is 312. The normalized spacial score (nSPS) is 9.71. The van der Waals surface area contributed by atoms with Crippen LogP contribution in [0.5, 0.6) is 0 Å². The first kappa shape index (κ1) is 11.2. The molecular formula is C12H17NS. The molecule has 1 rings (SSSR count). The number of thioether (sulfide) groups is 1. The van der Waals surface area contributed by atoms with Crippen molar-refractivity contribution < 1.29 is 0 Å². The summed E-state index contributed by atoms with van der Waals surface area (Å²) in [7, 11) is 2.11. The lowest BCUT2D eigenvalue weighted by atomic mass is 10.3. The van der Waals surface area contributed by atoms with E-state index in [0.717, 1.165) is 0 Å². The lowest BCUT2D eigenvalue weighted by molar-refractivity contribution is 1.14. The molecule has 0 saturated heterocycles. The molecule has 1 aromatic carbocycles. The highest BCUT2D eigenvalue weighted by molar-refractivity contribution is 8.02. The van der Waals surface area contributed by atoms with Crippen LogP contribution >= 0.6 is 11.8 Å². The molecule has 0 saturated carbocycles. The monoisotopic (exact) mass is 207 g/mol. The third kappa shape index (κ3) is 2.55. The molecule has 1 nitrogen and oxygen atoms in total. The van der Waals surface area contributed by atoms with Crippen molar-refractivity contribution in [3.63, 3.8) is 0 Å². The maximum absolute atomic E-state index is 2.22. The zero-order valence-electron chi connectivity index (χ0n) is 9.24. The fraction of sp³-hybridized carbons (Fsp3) is 0.333. The molecule has 0 amide bonds. The van der Waals surface area contributed by atoms with Gasteiger partial charge in [0, 0.05) is 12.7 Å². The Morgan fingerprint density at radius 1 is 1.14 bits per heavy atom. The smallest absolute Gasteiger partial charge is 0.0732 e. The van der Waals surface area contributed by atoms with E-state index in [4.69, 9.17) is 0 Å². The van der Waals surface area contributed by atoms with Crippen LogP contribution in [0.4, 0.5) is 5.69 Å².